The van der Waals surface area contributed by atoms with E-state index < -0.39 is 17.9 Å². The first kappa shape index (κ1) is 20.0. The van der Waals surface area contributed by atoms with Crippen LogP contribution in [0.25, 0.3) is 0 Å². The fraction of sp³-hybridized carbons (Fsp3) is 0.250. The molecule has 1 atom stereocenters. The van der Waals surface area contributed by atoms with Crippen molar-refractivity contribution in [3.8, 4) is 0 Å². The second kappa shape index (κ2) is 9.38. The summed E-state index contributed by atoms with van der Waals surface area (Å²) < 4.78 is 0. The summed E-state index contributed by atoms with van der Waals surface area (Å²) in [6, 6.07) is 14.3. The molecule has 7 nitrogen and oxygen atoms in total. The zero-order valence-corrected chi connectivity index (χ0v) is 15.2. The van der Waals surface area contributed by atoms with Gasteiger partial charge in [-0.3, -0.25) is 9.59 Å². The minimum atomic E-state index is -1.01. The maximum absolute atomic E-state index is 12.6. The van der Waals surface area contributed by atoms with Crippen molar-refractivity contribution in [2.75, 3.05) is 5.32 Å². The smallest absolute Gasteiger partial charge is 0.319 e. The molecule has 27 heavy (non-hydrogen) atoms. The summed E-state index contributed by atoms with van der Waals surface area (Å²) in [6.07, 6.45) is -0.232. The van der Waals surface area contributed by atoms with E-state index in [1.807, 2.05) is 19.9 Å². The molecule has 0 spiro atoms. The van der Waals surface area contributed by atoms with E-state index in [9.17, 15) is 14.4 Å². The van der Waals surface area contributed by atoms with Crippen molar-refractivity contribution < 1.29 is 19.5 Å². The molecular formula is C20H23N3O4. The van der Waals surface area contributed by atoms with Crippen molar-refractivity contribution in [2.24, 2.45) is 0 Å². The van der Waals surface area contributed by atoms with Gasteiger partial charge < -0.3 is 21.1 Å². The Morgan fingerprint density at radius 2 is 1.67 bits per heavy atom. The van der Waals surface area contributed by atoms with Gasteiger partial charge >= 0.3 is 12.0 Å². The van der Waals surface area contributed by atoms with Crippen LogP contribution < -0.4 is 16.0 Å². The normalized spacial score (nSPS) is 11.5. The molecule has 0 bridgehead atoms. The Kier molecular flexibility index (Phi) is 6.93. The SMILES string of the molecule is CC(C)NC(=O)Nc1cccc(C(=O)NC(CC(=O)O)c2ccccc2)c1. The summed E-state index contributed by atoms with van der Waals surface area (Å²) in [6.45, 7) is 3.69. The van der Waals surface area contributed by atoms with Gasteiger partial charge in [-0.1, -0.05) is 36.4 Å². The van der Waals surface area contributed by atoms with Crippen molar-refractivity contribution in [1.82, 2.24) is 10.6 Å². The highest BCUT2D eigenvalue weighted by Crippen LogP contribution is 2.18. The van der Waals surface area contributed by atoms with Gasteiger partial charge in [-0.25, -0.2) is 4.79 Å². The van der Waals surface area contributed by atoms with Crippen LogP contribution in [0.4, 0.5) is 10.5 Å². The molecule has 2 rings (SSSR count). The Labute approximate surface area is 157 Å². The van der Waals surface area contributed by atoms with Crippen molar-refractivity contribution in [2.45, 2.75) is 32.4 Å². The highest BCUT2D eigenvalue weighted by Gasteiger charge is 2.19. The van der Waals surface area contributed by atoms with Crippen LogP contribution in [0.15, 0.2) is 54.6 Å². The molecule has 0 saturated carbocycles. The fourth-order valence-corrected chi connectivity index (χ4v) is 2.52. The molecule has 0 aromatic heterocycles. The van der Waals surface area contributed by atoms with Crippen LogP contribution in [0, 0.1) is 0 Å². The molecule has 0 saturated heterocycles. The number of hydrogen-bond donors (Lipinski definition) is 4. The Morgan fingerprint density at radius 1 is 0.963 bits per heavy atom. The van der Waals surface area contributed by atoms with Gasteiger partial charge in [0.1, 0.15) is 0 Å². The molecule has 142 valence electrons. The van der Waals surface area contributed by atoms with Crippen molar-refractivity contribution in [3.05, 3.63) is 65.7 Å². The number of aliphatic carboxylic acids is 1. The van der Waals surface area contributed by atoms with E-state index in [2.05, 4.69) is 16.0 Å². The van der Waals surface area contributed by atoms with Gasteiger partial charge in [0, 0.05) is 17.3 Å². The van der Waals surface area contributed by atoms with Crippen LogP contribution in [0.5, 0.6) is 0 Å². The standard InChI is InChI=1S/C20H23N3O4/c1-13(2)21-20(27)22-16-10-6-9-15(11-16)19(26)23-17(12-18(24)25)14-7-4-3-5-8-14/h3-11,13,17H,12H2,1-2H3,(H,23,26)(H,24,25)(H2,21,22,27). The number of carboxylic acids is 1. The number of carbonyl (C=O) groups is 3. The number of rotatable bonds is 7. The lowest BCUT2D eigenvalue weighted by molar-refractivity contribution is -0.137. The summed E-state index contributed by atoms with van der Waals surface area (Å²) in [5.41, 5.74) is 1.50. The van der Waals surface area contributed by atoms with Crippen LogP contribution >= 0.6 is 0 Å². The quantitative estimate of drug-likeness (QED) is 0.601. The number of benzene rings is 2. The maximum Gasteiger partial charge on any atom is 0.319 e. The van der Waals surface area contributed by atoms with E-state index in [0.717, 1.165) is 0 Å². The molecule has 0 aliphatic carbocycles. The summed E-state index contributed by atoms with van der Waals surface area (Å²) in [5, 5.41) is 17.2. The van der Waals surface area contributed by atoms with Crippen LogP contribution in [0.2, 0.25) is 0 Å². The predicted octanol–water partition coefficient (Wildman–Crippen LogP) is 3.16. The number of amides is 3. The van der Waals surface area contributed by atoms with Crippen LogP contribution in [-0.2, 0) is 4.79 Å². The monoisotopic (exact) mass is 369 g/mol. The summed E-state index contributed by atoms with van der Waals surface area (Å²) in [4.78, 5) is 35.6. The Morgan fingerprint density at radius 3 is 2.30 bits per heavy atom. The van der Waals surface area contributed by atoms with Gasteiger partial charge in [0.05, 0.1) is 12.5 Å². The van der Waals surface area contributed by atoms with Gasteiger partial charge in [-0.2, -0.15) is 0 Å². The van der Waals surface area contributed by atoms with Crippen LogP contribution in [0.1, 0.15) is 42.2 Å². The maximum atomic E-state index is 12.6. The lowest BCUT2D eigenvalue weighted by Gasteiger charge is -2.18. The van der Waals surface area contributed by atoms with Gasteiger partial charge in [0.25, 0.3) is 5.91 Å². The molecular weight excluding hydrogens is 346 g/mol. The summed E-state index contributed by atoms with van der Waals surface area (Å²) in [5.74, 6) is -1.43. The molecule has 0 aliphatic rings. The number of nitrogens with one attached hydrogen (secondary N) is 3. The minimum absolute atomic E-state index is 0.0147. The second-order valence-electron chi connectivity index (χ2n) is 6.37. The fourth-order valence-electron chi connectivity index (χ4n) is 2.52. The molecule has 2 aromatic carbocycles. The van der Waals surface area contributed by atoms with Gasteiger partial charge in [0.2, 0.25) is 0 Å². The molecule has 0 heterocycles. The van der Waals surface area contributed by atoms with Crippen LogP contribution in [-0.4, -0.2) is 29.1 Å². The average molecular weight is 369 g/mol. The minimum Gasteiger partial charge on any atom is -0.481 e. The van der Waals surface area contributed by atoms with E-state index in [0.29, 0.717) is 16.8 Å². The second-order valence-corrected chi connectivity index (χ2v) is 6.37. The van der Waals surface area contributed by atoms with E-state index in [-0.39, 0.29) is 18.5 Å². The highest BCUT2D eigenvalue weighted by molar-refractivity contribution is 5.97. The highest BCUT2D eigenvalue weighted by atomic mass is 16.4. The number of carboxylic acid groups (broad SMARTS) is 1. The molecule has 2 aromatic rings. The first-order valence-electron chi connectivity index (χ1n) is 8.60. The molecule has 1 unspecified atom stereocenters. The lowest BCUT2D eigenvalue weighted by atomic mass is 10.0. The average Bonchev–Trinajstić information content (AvgIpc) is 2.61. The molecule has 3 amide bonds. The first-order chi connectivity index (χ1) is 12.8. The first-order valence-corrected chi connectivity index (χ1v) is 8.60. The van der Waals surface area contributed by atoms with E-state index in [4.69, 9.17) is 5.11 Å². The topological polar surface area (TPSA) is 108 Å². The summed E-state index contributed by atoms with van der Waals surface area (Å²) in [7, 11) is 0. The number of urea groups is 1. The third kappa shape index (κ3) is 6.47. The molecule has 0 aliphatic heterocycles. The number of hydrogen-bond acceptors (Lipinski definition) is 3. The largest absolute Gasteiger partial charge is 0.481 e. The lowest BCUT2D eigenvalue weighted by Crippen LogP contribution is -2.34. The zero-order valence-electron chi connectivity index (χ0n) is 15.2. The third-order valence-corrected chi connectivity index (χ3v) is 3.69. The predicted molar refractivity (Wildman–Crippen MR) is 103 cm³/mol. The van der Waals surface area contributed by atoms with Crippen molar-refractivity contribution >= 4 is 23.6 Å². The number of anilines is 1. The number of carbonyl (C=O) groups excluding carboxylic acids is 2. The Balaban J connectivity index is 2.12. The molecule has 4 N–H and O–H groups in total. The van der Waals surface area contributed by atoms with Crippen LogP contribution in [0.3, 0.4) is 0 Å². The molecule has 7 heteroatoms. The van der Waals surface area contributed by atoms with Gasteiger partial charge in [-0.05, 0) is 37.6 Å². The van der Waals surface area contributed by atoms with Crippen molar-refractivity contribution in [1.29, 1.82) is 0 Å². The van der Waals surface area contributed by atoms with E-state index >= 15 is 0 Å². The Hall–Kier alpha value is -3.35. The van der Waals surface area contributed by atoms with E-state index in [1.54, 1.807) is 42.5 Å². The van der Waals surface area contributed by atoms with Gasteiger partial charge in [0.15, 0.2) is 0 Å². The molecule has 0 fully saturated rings. The Bertz CT molecular complexity index is 806. The zero-order chi connectivity index (χ0) is 19.8. The van der Waals surface area contributed by atoms with E-state index in [1.165, 1.54) is 6.07 Å². The van der Waals surface area contributed by atoms with Gasteiger partial charge in [-0.15, -0.1) is 0 Å². The van der Waals surface area contributed by atoms with Crippen molar-refractivity contribution in [3.63, 3.8) is 0 Å². The summed E-state index contributed by atoms with van der Waals surface area (Å²) >= 11 is 0. The molecule has 0 radical (unpaired) electrons. The third-order valence-electron chi connectivity index (χ3n) is 3.69.